The first kappa shape index (κ1) is 29.3. The van der Waals surface area contributed by atoms with E-state index in [1.165, 1.54) is 0 Å². The first-order chi connectivity index (χ1) is 19.8. The van der Waals surface area contributed by atoms with Crippen molar-refractivity contribution in [2.45, 2.75) is 70.1 Å². The van der Waals surface area contributed by atoms with Crippen LogP contribution in [0.5, 0.6) is 5.75 Å². The number of hydrogen-bond acceptors (Lipinski definition) is 10. The van der Waals surface area contributed by atoms with E-state index in [9.17, 15) is 9.90 Å². The number of likely N-dealkylation sites (N-methyl/N-ethyl adjacent to an activating group) is 1. The molecule has 11 nitrogen and oxygen atoms in total. The second-order valence-electron chi connectivity index (χ2n) is 11.7. The Hall–Kier alpha value is -3.15. The van der Waals surface area contributed by atoms with E-state index in [1.54, 1.807) is 7.11 Å². The fourth-order valence-corrected chi connectivity index (χ4v) is 6.29. The number of nitrogens with zero attached hydrogens (tertiary/aromatic N) is 5. The van der Waals surface area contributed by atoms with Crippen LogP contribution in [0, 0.1) is 0 Å². The minimum absolute atomic E-state index is 0.101. The number of amides is 1. The zero-order chi connectivity index (χ0) is 28.9. The number of aromatic nitrogens is 2. The summed E-state index contributed by atoms with van der Waals surface area (Å²) < 4.78 is 5.78. The van der Waals surface area contributed by atoms with Crippen molar-refractivity contribution >= 4 is 28.9 Å². The van der Waals surface area contributed by atoms with Crippen LogP contribution in [0.25, 0.3) is 0 Å². The van der Waals surface area contributed by atoms with Crippen LogP contribution in [-0.4, -0.2) is 102 Å². The standard InChI is InChI=1S/C30H46N8O3/c1-4-24-29(32-20-5-8-23(39)9-6-20)35-30(27(33-24)28(31)40)34-25-10-7-22(19-26(25)41-3)37-13-11-21(12-14-37)38-17-15-36(2)16-18-38/h7,10,19-21,23,39H,4-6,8-9,11-18H2,1-3H3,(H2,31,40)(H2,32,34,35)/t20-,23-. The summed E-state index contributed by atoms with van der Waals surface area (Å²) in [5.74, 6) is 0.962. The molecule has 0 radical (unpaired) electrons. The van der Waals surface area contributed by atoms with Crippen LogP contribution in [-0.2, 0) is 6.42 Å². The van der Waals surface area contributed by atoms with Crippen LogP contribution >= 0.6 is 0 Å². The first-order valence-corrected chi connectivity index (χ1v) is 15.1. The van der Waals surface area contributed by atoms with Gasteiger partial charge in [-0.05, 0) is 64.1 Å². The molecule has 224 valence electrons. The number of nitrogens with two attached hydrogens (primary N) is 1. The Morgan fingerprint density at radius 3 is 2.37 bits per heavy atom. The zero-order valence-corrected chi connectivity index (χ0v) is 24.7. The summed E-state index contributed by atoms with van der Waals surface area (Å²) in [6.07, 6.45) is 5.91. The lowest BCUT2D eigenvalue weighted by Crippen LogP contribution is -2.52. The molecule has 0 spiro atoms. The number of carbonyl (C=O) groups excluding carboxylic acids is 1. The number of aliphatic hydroxyl groups is 1. The molecule has 11 heteroatoms. The first-order valence-electron chi connectivity index (χ1n) is 15.1. The molecule has 1 amide bonds. The molecule has 2 aliphatic heterocycles. The Kier molecular flexibility index (Phi) is 9.46. The predicted molar refractivity (Wildman–Crippen MR) is 162 cm³/mol. The quantitative estimate of drug-likeness (QED) is 0.359. The summed E-state index contributed by atoms with van der Waals surface area (Å²) in [7, 11) is 3.85. The zero-order valence-electron chi connectivity index (χ0n) is 24.7. The maximum Gasteiger partial charge on any atom is 0.271 e. The highest BCUT2D eigenvalue weighted by Gasteiger charge is 2.28. The summed E-state index contributed by atoms with van der Waals surface area (Å²) in [5, 5.41) is 16.7. The molecule has 0 unspecified atom stereocenters. The number of aliphatic hydroxyl groups excluding tert-OH is 1. The molecule has 3 aliphatic rings. The molecule has 1 aromatic carbocycles. The Morgan fingerprint density at radius 2 is 1.73 bits per heavy atom. The van der Waals surface area contributed by atoms with Gasteiger partial charge in [0.1, 0.15) is 11.6 Å². The van der Waals surface area contributed by atoms with Crippen molar-refractivity contribution in [1.82, 2.24) is 19.8 Å². The average Bonchev–Trinajstić information content (AvgIpc) is 2.99. The van der Waals surface area contributed by atoms with Gasteiger partial charge in [-0.2, -0.15) is 0 Å². The molecule has 5 N–H and O–H groups in total. The number of methoxy groups -OCH3 is 1. The fourth-order valence-electron chi connectivity index (χ4n) is 6.29. The van der Waals surface area contributed by atoms with Crippen LogP contribution in [0.2, 0.25) is 0 Å². The number of nitrogens with one attached hydrogen (secondary N) is 2. The van der Waals surface area contributed by atoms with Crippen LogP contribution < -0.4 is 26.0 Å². The Bertz CT molecular complexity index is 1190. The summed E-state index contributed by atoms with van der Waals surface area (Å²) in [6.45, 7) is 8.62. The molecule has 1 aliphatic carbocycles. The van der Waals surface area contributed by atoms with E-state index < -0.39 is 5.91 Å². The number of benzene rings is 1. The molecular formula is C30H46N8O3. The predicted octanol–water partition coefficient (Wildman–Crippen LogP) is 2.82. The van der Waals surface area contributed by atoms with Gasteiger partial charge in [0.15, 0.2) is 11.5 Å². The van der Waals surface area contributed by atoms with Gasteiger partial charge in [0, 0.05) is 63.1 Å². The average molecular weight is 567 g/mol. The molecule has 3 heterocycles. The van der Waals surface area contributed by atoms with E-state index in [-0.39, 0.29) is 17.8 Å². The van der Waals surface area contributed by atoms with Crippen LogP contribution in [0.4, 0.5) is 23.0 Å². The van der Waals surface area contributed by atoms with Gasteiger partial charge in [0.2, 0.25) is 0 Å². The third kappa shape index (κ3) is 7.02. The third-order valence-corrected chi connectivity index (χ3v) is 8.90. The molecule has 41 heavy (non-hydrogen) atoms. The maximum atomic E-state index is 12.4. The van der Waals surface area contributed by atoms with Gasteiger partial charge < -0.3 is 36.0 Å². The largest absolute Gasteiger partial charge is 0.494 e. The molecule has 1 saturated carbocycles. The molecule has 5 rings (SSSR count). The fraction of sp³-hybridized carbons (Fsp3) is 0.633. The van der Waals surface area contributed by atoms with Crippen molar-refractivity contribution < 1.29 is 14.6 Å². The Balaban J connectivity index is 1.31. The lowest BCUT2D eigenvalue weighted by Gasteiger charge is -2.42. The van der Waals surface area contributed by atoms with E-state index in [1.807, 2.05) is 19.1 Å². The summed E-state index contributed by atoms with van der Waals surface area (Å²) in [6, 6.07) is 6.95. The van der Waals surface area contributed by atoms with E-state index >= 15 is 0 Å². The highest BCUT2D eigenvalue weighted by Crippen LogP contribution is 2.35. The number of piperidine rings is 1. The van der Waals surface area contributed by atoms with Crippen LogP contribution in [0.3, 0.4) is 0 Å². The summed E-state index contributed by atoms with van der Waals surface area (Å²) in [4.78, 5) is 29.3. The van der Waals surface area contributed by atoms with Gasteiger partial charge in [-0.15, -0.1) is 0 Å². The number of piperazine rings is 1. The number of rotatable bonds is 9. The molecule has 0 atom stereocenters. The lowest BCUT2D eigenvalue weighted by molar-refractivity contribution is 0.0982. The lowest BCUT2D eigenvalue weighted by atomic mass is 9.93. The van der Waals surface area contributed by atoms with Gasteiger partial charge in [-0.3, -0.25) is 9.69 Å². The smallest absolute Gasteiger partial charge is 0.271 e. The van der Waals surface area contributed by atoms with Crippen molar-refractivity contribution in [1.29, 1.82) is 0 Å². The second kappa shape index (κ2) is 13.2. The number of carbonyl (C=O) groups is 1. The number of anilines is 4. The van der Waals surface area contributed by atoms with E-state index in [2.05, 4.69) is 43.4 Å². The van der Waals surface area contributed by atoms with Gasteiger partial charge in [0.05, 0.1) is 24.6 Å². The topological polar surface area (TPSA) is 132 Å². The van der Waals surface area contributed by atoms with Gasteiger partial charge >= 0.3 is 0 Å². The summed E-state index contributed by atoms with van der Waals surface area (Å²) >= 11 is 0. The maximum absolute atomic E-state index is 12.4. The van der Waals surface area contributed by atoms with Crippen molar-refractivity contribution in [2.24, 2.45) is 5.73 Å². The highest BCUT2D eigenvalue weighted by atomic mass is 16.5. The second-order valence-corrected chi connectivity index (χ2v) is 11.7. The molecule has 2 aromatic rings. The van der Waals surface area contributed by atoms with E-state index in [0.717, 1.165) is 83.5 Å². The van der Waals surface area contributed by atoms with Crippen molar-refractivity contribution in [3.8, 4) is 5.75 Å². The minimum Gasteiger partial charge on any atom is -0.494 e. The number of primary amides is 1. The Morgan fingerprint density at radius 1 is 1.02 bits per heavy atom. The molecule has 1 aromatic heterocycles. The molecular weight excluding hydrogens is 520 g/mol. The van der Waals surface area contributed by atoms with Gasteiger partial charge in [-0.25, -0.2) is 9.97 Å². The molecule has 0 bridgehead atoms. The summed E-state index contributed by atoms with van der Waals surface area (Å²) in [5.41, 5.74) is 8.34. The Labute approximate surface area is 243 Å². The van der Waals surface area contributed by atoms with Crippen molar-refractivity contribution in [2.75, 3.05) is 69.0 Å². The van der Waals surface area contributed by atoms with Crippen molar-refractivity contribution in [3.05, 3.63) is 29.6 Å². The monoisotopic (exact) mass is 566 g/mol. The molecule has 2 saturated heterocycles. The molecule has 3 fully saturated rings. The highest BCUT2D eigenvalue weighted by molar-refractivity contribution is 5.97. The SMILES string of the molecule is CCc1nc(C(N)=O)c(Nc2ccc(N3CCC(N4CCN(C)CC4)CC3)cc2OC)nc1N[C@H]1CC[C@H](O)CC1. The van der Waals surface area contributed by atoms with Crippen LogP contribution in [0.15, 0.2) is 18.2 Å². The number of ether oxygens (including phenoxy) is 1. The van der Waals surface area contributed by atoms with Gasteiger partial charge in [-0.1, -0.05) is 6.92 Å². The third-order valence-electron chi connectivity index (χ3n) is 8.90. The minimum atomic E-state index is -0.638. The van der Waals surface area contributed by atoms with E-state index in [0.29, 0.717) is 41.2 Å². The van der Waals surface area contributed by atoms with Crippen LogP contribution in [0.1, 0.15) is 61.6 Å². The normalized spacial score (nSPS) is 22.9. The van der Waals surface area contributed by atoms with Crippen molar-refractivity contribution in [3.63, 3.8) is 0 Å². The number of hydrogen-bond donors (Lipinski definition) is 4. The number of aryl methyl sites for hydroxylation is 1. The van der Waals surface area contributed by atoms with E-state index in [4.69, 9.17) is 15.5 Å². The van der Waals surface area contributed by atoms with Gasteiger partial charge in [0.25, 0.3) is 5.91 Å².